The Labute approximate surface area is 153 Å². The van der Waals surface area contributed by atoms with Crippen molar-refractivity contribution in [3.8, 4) is 0 Å². The first-order valence-electron chi connectivity index (χ1n) is 8.15. The fraction of sp³-hybridized carbons (Fsp3) is 0.263. The van der Waals surface area contributed by atoms with Gasteiger partial charge in [0.05, 0.1) is 11.3 Å². The number of amides is 2. The molecule has 0 aliphatic rings. The molecule has 1 N–H and O–H groups in total. The Morgan fingerprint density at radius 1 is 1.11 bits per heavy atom. The molecule has 0 spiro atoms. The Bertz CT molecular complexity index is 850. The summed E-state index contributed by atoms with van der Waals surface area (Å²) in [6, 6.07) is 8.50. The van der Waals surface area contributed by atoms with Gasteiger partial charge in [0.2, 0.25) is 5.91 Å². The average molecular weight is 382 g/mol. The number of likely N-dealkylation sites (N-methyl/N-ethyl adjacent to an activating group) is 1. The fourth-order valence-electron chi connectivity index (χ4n) is 2.44. The van der Waals surface area contributed by atoms with Gasteiger partial charge in [-0.2, -0.15) is 13.2 Å². The van der Waals surface area contributed by atoms with Crippen LogP contribution in [0.25, 0.3) is 0 Å². The van der Waals surface area contributed by atoms with Crippen LogP contribution in [-0.2, 0) is 11.0 Å². The number of anilines is 1. The molecular formula is C19H18F4N2O2. The van der Waals surface area contributed by atoms with E-state index in [0.29, 0.717) is 5.56 Å². The van der Waals surface area contributed by atoms with E-state index in [1.165, 1.54) is 24.3 Å². The second-order valence-electron chi connectivity index (χ2n) is 5.87. The Hall–Kier alpha value is -2.90. The molecule has 0 heterocycles. The number of nitrogens with one attached hydrogen (secondary N) is 1. The Balaban J connectivity index is 2.14. The topological polar surface area (TPSA) is 49.4 Å². The number of aryl methyl sites for hydroxylation is 1. The number of carbonyl (C=O) groups excluding carboxylic acids is 2. The summed E-state index contributed by atoms with van der Waals surface area (Å²) in [5.74, 6) is -1.93. The lowest BCUT2D eigenvalue weighted by atomic mass is 10.1. The molecule has 8 heteroatoms. The molecule has 0 aliphatic heterocycles. The summed E-state index contributed by atoms with van der Waals surface area (Å²) in [5.41, 5.74) is -0.937. The van der Waals surface area contributed by atoms with Crippen molar-refractivity contribution >= 4 is 17.5 Å². The molecule has 27 heavy (non-hydrogen) atoms. The van der Waals surface area contributed by atoms with Crippen molar-refractivity contribution in [2.24, 2.45) is 0 Å². The van der Waals surface area contributed by atoms with Gasteiger partial charge >= 0.3 is 6.18 Å². The zero-order valence-corrected chi connectivity index (χ0v) is 14.7. The van der Waals surface area contributed by atoms with E-state index in [1.54, 1.807) is 13.8 Å². The van der Waals surface area contributed by atoms with E-state index in [9.17, 15) is 27.2 Å². The highest BCUT2D eigenvalue weighted by molar-refractivity contribution is 5.99. The van der Waals surface area contributed by atoms with Crippen LogP contribution in [-0.4, -0.2) is 29.8 Å². The predicted octanol–water partition coefficient (Wildman–Crippen LogP) is 4.25. The third-order valence-corrected chi connectivity index (χ3v) is 3.93. The van der Waals surface area contributed by atoms with Crippen LogP contribution in [0.5, 0.6) is 0 Å². The van der Waals surface area contributed by atoms with E-state index in [1.807, 2.05) is 0 Å². The second-order valence-corrected chi connectivity index (χ2v) is 5.87. The number of alkyl halides is 3. The van der Waals surface area contributed by atoms with Crippen molar-refractivity contribution in [2.75, 3.05) is 18.4 Å². The van der Waals surface area contributed by atoms with Crippen LogP contribution in [0.15, 0.2) is 42.5 Å². The number of hydrogen-bond donors (Lipinski definition) is 1. The van der Waals surface area contributed by atoms with Crippen molar-refractivity contribution in [3.05, 3.63) is 65.0 Å². The molecule has 2 aromatic carbocycles. The molecular weight excluding hydrogens is 364 g/mol. The summed E-state index contributed by atoms with van der Waals surface area (Å²) < 4.78 is 52.6. The van der Waals surface area contributed by atoms with E-state index in [-0.39, 0.29) is 17.8 Å². The lowest BCUT2D eigenvalue weighted by Crippen LogP contribution is -2.38. The third kappa shape index (κ3) is 5.06. The zero-order chi connectivity index (χ0) is 20.2. The van der Waals surface area contributed by atoms with E-state index < -0.39 is 35.9 Å². The minimum Gasteiger partial charge on any atom is -0.330 e. The molecule has 2 rings (SSSR count). The molecule has 2 aromatic rings. The third-order valence-electron chi connectivity index (χ3n) is 3.93. The first kappa shape index (κ1) is 20.4. The van der Waals surface area contributed by atoms with Gasteiger partial charge in [0.15, 0.2) is 0 Å². The highest BCUT2D eigenvalue weighted by Gasteiger charge is 2.33. The molecule has 4 nitrogen and oxygen atoms in total. The van der Waals surface area contributed by atoms with Gasteiger partial charge in [-0.3, -0.25) is 9.59 Å². The number of nitrogens with zero attached hydrogens (tertiary/aromatic N) is 1. The number of halogens is 4. The van der Waals surface area contributed by atoms with Crippen molar-refractivity contribution in [2.45, 2.75) is 20.0 Å². The van der Waals surface area contributed by atoms with Gasteiger partial charge in [-0.1, -0.05) is 18.2 Å². The molecule has 2 amide bonds. The molecule has 0 unspecified atom stereocenters. The highest BCUT2D eigenvalue weighted by atomic mass is 19.4. The van der Waals surface area contributed by atoms with Crippen LogP contribution < -0.4 is 5.32 Å². The zero-order valence-electron chi connectivity index (χ0n) is 14.7. The van der Waals surface area contributed by atoms with E-state index in [2.05, 4.69) is 5.32 Å². The average Bonchev–Trinajstić information content (AvgIpc) is 2.61. The minimum atomic E-state index is -4.62. The van der Waals surface area contributed by atoms with Crippen LogP contribution in [0.2, 0.25) is 0 Å². The van der Waals surface area contributed by atoms with Gasteiger partial charge in [-0.15, -0.1) is 0 Å². The molecule has 0 saturated heterocycles. The molecule has 0 atom stereocenters. The summed E-state index contributed by atoms with van der Waals surface area (Å²) in [6.45, 7) is 2.83. The molecule has 0 fully saturated rings. The normalized spacial score (nSPS) is 11.2. The first-order chi connectivity index (χ1) is 12.6. The van der Waals surface area contributed by atoms with E-state index in [0.717, 1.165) is 23.1 Å². The van der Waals surface area contributed by atoms with Gasteiger partial charge in [-0.25, -0.2) is 4.39 Å². The summed E-state index contributed by atoms with van der Waals surface area (Å²) in [7, 11) is 0. The van der Waals surface area contributed by atoms with Crippen LogP contribution in [0.4, 0.5) is 23.2 Å². The summed E-state index contributed by atoms with van der Waals surface area (Å²) in [6.07, 6.45) is -4.62. The highest BCUT2D eigenvalue weighted by Crippen LogP contribution is 2.34. The maximum absolute atomic E-state index is 13.7. The van der Waals surface area contributed by atoms with Gasteiger partial charge < -0.3 is 10.2 Å². The second kappa shape index (κ2) is 8.20. The predicted molar refractivity (Wildman–Crippen MR) is 92.8 cm³/mol. The van der Waals surface area contributed by atoms with Gasteiger partial charge in [-0.05, 0) is 43.7 Å². The first-order valence-corrected chi connectivity index (χ1v) is 8.15. The molecule has 0 aromatic heterocycles. The molecule has 144 valence electrons. The van der Waals surface area contributed by atoms with E-state index >= 15 is 0 Å². The smallest absolute Gasteiger partial charge is 0.330 e. The minimum absolute atomic E-state index is 0.0587. The van der Waals surface area contributed by atoms with Gasteiger partial charge in [0.25, 0.3) is 5.91 Å². The monoisotopic (exact) mass is 382 g/mol. The molecule has 0 radical (unpaired) electrons. The van der Waals surface area contributed by atoms with Crippen molar-refractivity contribution in [1.82, 2.24) is 4.90 Å². The summed E-state index contributed by atoms with van der Waals surface area (Å²) in [5, 5.41) is 2.18. The lowest BCUT2D eigenvalue weighted by molar-refractivity contribution is -0.137. The molecule has 0 bridgehead atoms. The fourth-order valence-corrected chi connectivity index (χ4v) is 2.44. The maximum Gasteiger partial charge on any atom is 0.418 e. The summed E-state index contributed by atoms with van der Waals surface area (Å²) in [4.78, 5) is 25.7. The largest absolute Gasteiger partial charge is 0.418 e. The van der Waals surface area contributed by atoms with Crippen molar-refractivity contribution < 1.29 is 27.2 Å². The van der Waals surface area contributed by atoms with E-state index in [4.69, 9.17) is 0 Å². The standard InChI is InChI=1S/C19H18F4N2O2/c1-3-25(18(27)13-9-8-12(2)15(20)10-13)11-17(26)24-16-7-5-4-6-14(16)19(21,22)23/h4-10H,3,11H2,1-2H3,(H,24,26). The number of carbonyl (C=O) groups is 2. The Kier molecular flexibility index (Phi) is 6.20. The number of benzene rings is 2. The SMILES string of the molecule is CCN(CC(=O)Nc1ccccc1C(F)(F)F)C(=O)c1ccc(C)c(F)c1. The van der Waals surface area contributed by atoms with Crippen molar-refractivity contribution in [3.63, 3.8) is 0 Å². The lowest BCUT2D eigenvalue weighted by Gasteiger charge is -2.21. The van der Waals surface area contributed by atoms with Crippen LogP contribution >= 0.6 is 0 Å². The quantitative estimate of drug-likeness (QED) is 0.786. The maximum atomic E-state index is 13.7. The molecule has 0 saturated carbocycles. The Morgan fingerprint density at radius 3 is 2.37 bits per heavy atom. The number of rotatable bonds is 5. The van der Waals surface area contributed by atoms with Crippen LogP contribution in [0.3, 0.4) is 0 Å². The van der Waals surface area contributed by atoms with Crippen molar-refractivity contribution in [1.29, 1.82) is 0 Å². The van der Waals surface area contributed by atoms with Crippen LogP contribution in [0, 0.1) is 12.7 Å². The molecule has 0 aliphatic carbocycles. The number of hydrogen-bond acceptors (Lipinski definition) is 2. The summed E-state index contributed by atoms with van der Waals surface area (Å²) >= 11 is 0. The van der Waals surface area contributed by atoms with Crippen LogP contribution in [0.1, 0.15) is 28.4 Å². The Morgan fingerprint density at radius 2 is 1.78 bits per heavy atom. The van der Waals surface area contributed by atoms with Gasteiger partial charge in [0.1, 0.15) is 12.4 Å². The number of para-hydroxylation sites is 1. The van der Waals surface area contributed by atoms with Gasteiger partial charge in [0, 0.05) is 12.1 Å².